The van der Waals surface area contributed by atoms with Gasteiger partial charge in [-0.25, -0.2) is 0 Å². The van der Waals surface area contributed by atoms with E-state index in [0.29, 0.717) is 0 Å². The van der Waals surface area contributed by atoms with Gasteiger partial charge < -0.3 is 4.74 Å². The molecule has 0 atom stereocenters. The second-order valence-electron chi connectivity index (χ2n) is 4.51. The van der Waals surface area contributed by atoms with Gasteiger partial charge in [-0.1, -0.05) is 11.8 Å². The monoisotopic (exact) mass is 352 g/mol. The normalized spacial score (nSPS) is 10.7. The largest absolute Gasteiger partial charge is 0.451 e. The fourth-order valence-corrected chi connectivity index (χ4v) is 2.60. The zero-order valence-electron chi connectivity index (χ0n) is 11.8. The first-order chi connectivity index (χ1) is 11.5. The average Bonchev–Trinajstić information content (AvgIpc) is 2.59. The van der Waals surface area contributed by atoms with Gasteiger partial charge >= 0.3 is 0 Å². The maximum Gasteiger partial charge on any atom is 0.255 e. The van der Waals surface area contributed by atoms with Crippen LogP contribution in [0.15, 0.2) is 58.6 Å². The van der Waals surface area contributed by atoms with Gasteiger partial charge in [-0.3, -0.25) is 4.98 Å². The number of rotatable bonds is 4. The topological polar surface area (TPSA) is 35.0 Å². The minimum Gasteiger partial charge on any atom is -0.451 e. The molecule has 1 aromatic carbocycles. The van der Waals surface area contributed by atoms with Crippen molar-refractivity contribution in [3.8, 4) is 11.5 Å². The number of ether oxygens (including phenoxy) is 1. The zero-order valence-corrected chi connectivity index (χ0v) is 12.7. The molecule has 3 nitrogen and oxygen atoms in total. The number of hydrogen-bond donors (Lipinski definition) is 0. The Morgan fingerprint density at radius 2 is 1.29 bits per heavy atom. The highest BCUT2D eigenvalue weighted by Gasteiger charge is 2.22. The third kappa shape index (κ3) is 3.48. The first kappa shape index (κ1) is 16.3. The molecule has 24 heavy (non-hydrogen) atoms. The second-order valence-corrected chi connectivity index (χ2v) is 5.66. The van der Waals surface area contributed by atoms with Crippen molar-refractivity contribution in [1.82, 2.24) is 9.97 Å². The van der Waals surface area contributed by atoms with E-state index in [4.69, 9.17) is 4.74 Å². The summed E-state index contributed by atoms with van der Waals surface area (Å²) in [6.45, 7) is 0. The molecule has 0 saturated carbocycles. The standard InChI is InChI=1S/C16H8F4N2OS/c17-12-14(13(18)16(20)22-15(12)19)23-9-1-3-10(4-2-9)24-11-5-7-21-8-6-11/h1-8H. The maximum absolute atomic E-state index is 13.5. The molecule has 0 fully saturated rings. The molecular weight excluding hydrogens is 344 g/mol. The first-order valence-electron chi connectivity index (χ1n) is 6.60. The SMILES string of the molecule is Fc1nc(F)c(F)c(Oc2ccc(Sc3ccncc3)cc2)c1F. The third-order valence-corrected chi connectivity index (χ3v) is 3.90. The summed E-state index contributed by atoms with van der Waals surface area (Å²) in [5.74, 6) is -8.07. The lowest BCUT2D eigenvalue weighted by atomic mass is 10.3. The van der Waals surface area contributed by atoms with E-state index < -0.39 is 29.3 Å². The molecule has 0 unspecified atom stereocenters. The van der Waals surface area contributed by atoms with E-state index >= 15 is 0 Å². The number of pyridine rings is 2. The van der Waals surface area contributed by atoms with Crippen molar-refractivity contribution in [2.45, 2.75) is 9.79 Å². The summed E-state index contributed by atoms with van der Waals surface area (Å²) < 4.78 is 58.0. The van der Waals surface area contributed by atoms with Gasteiger partial charge in [-0.05, 0) is 36.4 Å². The average molecular weight is 352 g/mol. The van der Waals surface area contributed by atoms with Gasteiger partial charge in [-0.2, -0.15) is 22.5 Å². The molecule has 0 saturated heterocycles. The van der Waals surface area contributed by atoms with E-state index in [1.165, 1.54) is 23.9 Å². The molecule has 2 aromatic heterocycles. The first-order valence-corrected chi connectivity index (χ1v) is 7.42. The molecule has 0 N–H and O–H groups in total. The van der Waals surface area contributed by atoms with Gasteiger partial charge in [0, 0.05) is 22.2 Å². The smallest absolute Gasteiger partial charge is 0.255 e. The highest BCUT2D eigenvalue weighted by atomic mass is 32.2. The van der Waals surface area contributed by atoms with E-state index in [1.54, 1.807) is 24.5 Å². The Morgan fingerprint density at radius 3 is 1.88 bits per heavy atom. The van der Waals surface area contributed by atoms with E-state index in [9.17, 15) is 17.6 Å². The molecule has 0 bridgehead atoms. The van der Waals surface area contributed by atoms with Crippen LogP contribution in [0.25, 0.3) is 0 Å². The van der Waals surface area contributed by atoms with Crippen molar-refractivity contribution in [2.75, 3.05) is 0 Å². The minimum absolute atomic E-state index is 0.0249. The molecule has 122 valence electrons. The lowest BCUT2D eigenvalue weighted by Crippen LogP contribution is -2.03. The van der Waals surface area contributed by atoms with Crippen molar-refractivity contribution in [3.63, 3.8) is 0 Å². The van der Waals surface area contributed by atoms with Crippen LogP contribution in [0, 0.1) is 23.5 Å². The van der Waals surface area contributed by atoms with Crippen LogP contribution in [0.3, 0.4) is 0 Å². The number of nitrogens with zero attached hydrogens (tertiary/aromatic N) is 2. The van der Waals surface area contributed by atoms with Crippen LogP contribution in [0.5, 0.6) is 11.5 Å². The van der Waals surface area contributed by atoms with E-state index in [2.05, 4.69) is 9.97 Å². The van der Waals surface area contributed by atoms with Crippen molar-refractivity contribution in [1.29, 1.82) is 0 Å². The Hall–Kier alpha value is -2.61. The predicted molar refractivity (Wildman–Crippen MR) is 78.9 cm³/mol. The van der Waals surface area contributed by atoms with Gasteiger partial charge in [0.1, 0.15) is 5.75 Å². The summed E-state index contributed by atoms with van der Waals surface area (Å²) in [6.07, 6.45) is 3.30. The second kappa shape index (κ2) is 6.88. The highest BCUT2D eigenvalue weighted by Crippen LogP contribution is 2.32. The molecule has 0 radical (unpaired) electrons. The fourth-order valence-electron chi connectivity index (χ4n) is 1.79. The molecule has 8 heteroatoms. The summed E-state index contributed by atoms with van der Waals surface area (Å²) in [7, 11) is 0. The summed E-state index contributed by atoms with van der Waals surface area (Å²) in [5, 5.41) is 0. The summed E-state index contributed by atoms with van der Waals surface area (Å²) in [4.78, 5) is 8.16. The fraction of sp³-hybridized carbons (Fsp3) is 0. The van der Waals surface area contributed by atoms with Crippen molar-refractivity contribution >= 4 is 11.8 Å². The molecule has 0 aliphatic carbocycles. The third-order valence-electron chi connectivity index (χ3n) is 2.89. The van der Waals surface area contributed by atoms with E-state index in [0.717, 1.165) is 9.79 Å². The zero-order chi connectivity index (χ0) is 17.1. The van der Waals surface area contributed by atoms with Gasteiger partial charge in [0.05, 0.1) is 0 Å². The van der Waals surface area contributed by atoms with Crippen LogP contribution < -0.4 is 4.74 Å². The molecule has 0 aliphatic heterocycles. The van der Waals surface area contributed by atoms with Gasteiger partial charge in [0.25, 0.3) is 11.9 Å². The van der Waals surface area contributed by atoms with E-state index in [-0.39, 0.29) is 5.75 Å². The highest BCUT2D eigenvalue weighted by molar-refractivity contribution is 7.99. The number of halogens is 4. The summed E-state index contributed by atoms with van der Waals surface area (Å²) in [5.41, 5.74) is 0. The van der Waals surface area contributed by atoms with Gasteiger partial charge in [0.2, 0.25) is 17.4 Å². The molecule has 0 aliphatic rings. The Bertz CT molecular complexity index is 834. The molecule has 3 aromatic rings. The summed E-state index contributed by atoms with van der Waals surface area (Å²) in [6, 6.07) is 9.79. The Labute approximate surface area is 138 Å². The molecule has 0 amide bonds. The molecule has 2 heterocycles. The Balaban J connectivity index is 1.80. The predicted octanol–water partition coefficient (Wildman–Crippen LogP) is 4.98. The van der Waals surface area contributed by atoms with Crippen molar-refractivity contribution in [3.05, 3.63) is 72.3 Å². The number of hydrogen-bond acceptors (Lipinski definition) is 4. The van der Waals surface area contributed by atoms with Crippen LogP contribution in [0.1, 0.15) is 0 Å². The van der Waals surface area contributed by atoms with Crippen LogP contribution in [0.4, 0.5) is 17.6 Å². The van der Waals surface area contributed by atoms with Crippen LogP contribution in [-0.4, -0.2) is 9.97 Å². The lowest BCUT2D eigenvalue weighted by Gasteiger charge is -2.09. The Kier molecular flexibility index (Phi) is 4.66. The van der Waals surface area contributed by atoms with Crippen molar-refractivity contribution < 1.29 is 22.3 Å². The van der Waals surface area contributed by atoms with Crippen LogP contribution in [-0.2, 0) is 0 Å². The Morgan fingerprint density at radius 1 is 0.750 bits per heavy atom. The molecule has 0 spiro atoms. The van der Waals surface area contributed by atoms with E-state index in [1.807, 2.05) is 12.1 Å². The lowest BCUT2D eigenvalue weighted by molar-refractivity contribution is 0.343. The van der Waals surface area contributed by atoms with Crippen molar-refractivity contribution in [2.24, 2.45) is 0 Å². The number of aromatic nitrogens is 2. The molecule has 3 rings (SSSR count). The summed E-state index contributed by atoms with van der Waals surface area (Å²) >= 11 is 1.44. The minimum atomic E-state index is -1.77. The van der Waals surface area contributed by atoms with Gasteiger partial charge in [0.15, 0.2) is 0 Å². The van der Waals surface area contributed by atoms with Crippen LogP contribution >= 0.6 is 11.8 Å². The maximum atomic E-state index is 13.5. The quantitative estimate of drug-likeness (QED) is 0.490. The van der Waals surface area contributed by atoms with Crippen LogP contribution in [0.2, 0.25) is 0 Å². The molecular formula is C16H8F4N2OS. The number of benzene rings is 1. The van der Waals surface area contributed by atoms with Gasteiger partial charge in [-0.15, -0.1) is 0 Å².